The molecule has 3 aromatic heterocycles. The van der Waals surface area contributed by atoms with Crippen molar-refractivity contribution < 1.29 is 13.9 Å². The van der Waals surface area contributed by atoms with Gasteiger partial charge in [0.1, 0.15) is 11.3 Å². The highest BCUT2D eigenvalue weighted by Gasteiger charge is 2.16. The predicted molar refractivity (Wildman–Crippen MR) is 79.9 cm³/mol. The number of methoxy groups -OCH3 is 1. The van der Waals surface area contributed by atoms with E-state index < -0.39 is 5.97 Å². The first-order chi connectivity index (χ1) is 10.6. The van der Waals surface area contributed by atoms with Crippen molar-refractivity contribution in [2.45, 2.75) is 24.8 Å². The van der Waals surface area contributed by atoms with Crippen LogP contribution in [0.25, 0.3) is 5.78 Å². The average Bonchev–Trinajstić information content (AvgIpc) is 3.10. The van der Waals surface area contributed by atoms with Crippen molar-refractivity contribution in [3.8, 4) is 0 Å². The molecule has 8 heteroatoms. The number of nitrogens with zero attached hydrogens (tertiary/aromatic N) is 4. The van der Waals surface area contributed by atoms with Crippen molar-refractivity contribution in [1.29, 1.82) is 0 Å². The van der Waals surface area contributed by atoms with Gasteiger partial charge in [0.2, 0.25) is 5.16 Å². The number of hydrogen-bond acceptors (Lipinski definition) is 7. The fraction of sp³-hybridized carbons (Fsp3) is 0.286. The summed E-state index contributed by atoms with van der Waals surface area (Å²) in [6, 6.07) is 3.53. The zero-order valence-corrected chi connectivity index (χ0v) is 13.2. The van der Waals surface area contributed by atoms with Crippen molar-refractivity contribution in [2.75, 3.05) is 7.11 Å². The van der Waals surface area contributed by atoms with E-state index in [9.17, 15) is 4.79 Å². The molecule has 0 spiro atoms. The molecule has 7 nitrogen and oxygen atoms in total. The van der Waals surface area contributed by atoms with E-state index in [4.69, 9.17) is 9.15 Å². The molecule has 0 aliphatic heterocycles. The van der Waals surface area contributed by atoms with Crippen LogP contribution in [-0.4, -0.2) is 32.7 Å². The molecule has 0 aromatic carbocycles. The number of thioether (sulfide) groups is 1. The molecule has 114 valence electrons. The second-order valence-electron chi connectivity index (χ2n) is 4.68. The van der Waals surface area contributed by atoms with Crippen LogP contribution < -0.4 is 0 Å². The highest BCUT2D eigenvalue weighted by Crippen LogP contribution is 2.23. The van der Waals surface area contributed by atoms with Gasteiger partial charge >= 0.3 is 5.97 Å². The van der Waals surface area contributed by atoms with E-state index in [-0.39, 0.29) is 0 Å². The number of hydrogen-bond donors (Lipinski definition) is 0. The fourth-order valence-electron chi connectivity index (χ4n) is 2.08. The molecule has 0 saturated carbocycles. The lowest BCUT2D eigenvalue weighted by atomic mass is 10.3. The average molecular weight is 318 g/mol. The second-order valence-corrected chi connectivity index (χ2v) is 5.63. The Bertz CT molecular complexity index is 840. The highest BCUT2D eigenvalue weighted by atomic mass is 32.2. The third kappa shape index (κ3) is 2.69. The van der Waals surface area contributed by atoms with E-state index in [1.165, 1.54) is 25.1 Å². The molecule has 0 N–H and O–H groups in total. The summed E-state index contributed by atoms with van der Waals surface area (Å²) in [6.45, 7) is 3.87. The summed E-state index contributed by atoms with van der Waals surface area (Å²) in [5, 5.41) is 4.97. The van der Waals surface area contributed by atoms with E-state index in [0.717, 1.165) is 11.4 Å². The van der Waals surface area contributed by atoms with Crippen LogP contribution in [-0.2, 0) is 10.5 Å². The monoisotopic (exact) mass is 318 g/mol. The molecule has 0 atom stereocenters. The molecule has 0 bridgehead atoms. The van der Waals surface area contributed by atoms with Crippen LogP contribution in [0, 0.1) is 13.8 Å². The van der Waals surface area contributed by atoms with Gasteiger partial charge in [-0.15, -0.1) is 5.10 Å². The van der Waals surface area contributed by atoms with Crippen molar-refractivity contribution in [3.63, 3.8) is 0 Å². The molecular weight excluding hydrogens is 304 g/mol. The lowest BCUT2D eigenvalue weighted by molar-refractivity contribution is 0.0598. The lowest BCUT2D eigenvalue weighted by Crippen LogP contribution is -2.02. The number of aromatic nitrogens is 4. The van der Waals surface area contributed by atoms with Crippen LogP contribution in [0.2, 0.25) is 0 Å². The van der Waals surface area contributed by atoms with E-state index in [2.05, 4.69) is 15.1 Å². The Labute approximate surface area is 130 Å². The Balaban J connectivity index is 1.81. The summed E-state index contributed by atoms with van der Waals surface area (Å²) in [7, 11) is 1.34. The molecule has 0 aliphatic carbocycles. The Hall–Kier alpha value is -2.35. The van der Waals surface area contributed by atoms with Crippen LogP contribution in [0.15, 0.2) is 28.0 Å². The molecule has 0 unspecified atom stereocenters. The topological polar surface area (TPSA) is 82.5 Å². The van der Waals surface area contributed by atoms with E-state index in [1.807, 2.05) is 19.9 Å². The third-order valence-electron chi connectivity index (χ3n) is 3.08. The molecule has 0 amide bonds. The van der Waals surface area contributed by atoms with Gasteiger partial charge in [-0.25, -0.2) is 14.3 Å². The summed E-state index contributed by atoms with van der Waals surface area (Å²) in [5.41, 5.74) is 2.28. The highest BCUT2D eigenvalue weighted by molar-refractivity contribution is 7.98. The zero-order valence-electron chi connectivity index (χ0n) is 12.4. The Morgan fingerprint density at radius 1 is 1.41 bits per heavy atom. The molecule has 0 radical (unpaired) electrons. The number of esters is 1. The largest absolute Gasteiger partial charge is 0.468 e. The molecule has 22 heavy (non-hydrogen) atoms. The number of ether oxygens (including phenoxy) is 1. The molecule has 0 aliphatic rings. The van der Waals surface area contributed by atoms with Crippen LogP contribution >= 0.6 is 11.8 Å². The first kappa shape index (κ1) is 14.6. The van der Waals surface area contributed by atoms with Gasteiger partial charge in [-0.1, -0.05) is 11.8 Å². The minimum Gasteiger partial charge on any atom is -0.468 e. The predicted octanol–water partition coefficient (Wildman–Crippen LogP) is 2.41. The third-order valence-corrected chi connectivity index (χ3v) is 3.92. The molecular formula is C14H14N4O3S. The summed E-state index contributed by atoms with van der Waals surface area (Å²) >= 11 is 1.38. The zero-order chi connectivity index (χ0) is 15.7. The van der Waals surface area contributed by atoms with Gasteiger partial charge in [0.15, 0.2) is 0 Å². The lowest BCUT2D eigenvalue weighted by Gasteiger charge is -1.99. The number of rotatable bonds is 4. The van der Waals surface area contributed by atoms with E-state index in [0.29, 0.717) is 28.0 Å². The van der Waals surface area contributed by atoms with Crippen LogP contribution in [0.3, 0.4) is 0 Å². The number of furan rings is 1. The Kier molecular flexibility index (Phi) is 3.84. The second kappa shape index (κ2) is 5.80. The van der Waals surface area contributed by atoms with Crippen LogP contribution in [0.5, 0.6) is 0 Å². The van der Waals surface area contributed by atoms with Crippen LogP contribution in [0.1, 0.15) is 27.5 Å². The normalized spacial score (nSPS) is 11.0. The van der Waals surface area contributed by atoms with E-state index >= 15 is 0 Å². The maximum Gasteiger partial charge on any atom is 0.341 e. The summed E-state index contributed by atoms with van der Waals surface area (Å²) in [4.78, 5) is 20.3. The van der Waals surface area contributed by atoms with E-state index in [1.54, 1.807) is 10.6 Å². The van der Waals surface area contributed by atoms with Gasteiger partial charge in [0, 0.05) is 11.4 Å². The quantitative estimate of drug-likeness (QED) is 0.539. The molecule has 0 fully saturated rings. The maximum atomic E-state index is 11.6. The molecule has 3 aromatic rings. The smallest absolute Gasteiger partial charge is 0.341 e. The van der Waals surface area contributed by atoms with Crippen LogP contribution in [0.4, 0.5) is 0 Å². The number of carbonyl (C=O) groups excluding carboxylic acids is 1. The van der Waals surface area contributed by atoms with Gasteiger partial charge < -0.3 is 9.15 Å². The molecule has 0 saturated heterocycles. The van der Waals surface area contributed by atoms with Gasteiger partial charge in [-0.05, 0) is 26.0 Å². The summed E-state index contributed by atoms with van der Waals surface area (Å²) < 4.78 is 11.7. The van der Waals surface area contributed by atoms with Gasteiger partial charge in [-0.2, -0.15) is 4.98 Å². The maximum absolute atomic E-state index is 11.6. The SMILES string of the molecule is COC(=O)c1ccoc1CSc1nc2nc(C)cc(C)n2n1. The number of aryl methyl sites for hydroxylation is 2. The first-order valence-corrected chi connectivity index (χ1v) is 7.55. The first-order valence-electron chi connectivity index (χ1n) is 6.57. The van der Waals surface area contributed by atoms with Gasteiger partial charge in [0.25, 0.3) is 5.78 Å². The minimum absolute atomic E-state index is 0.416. The Morgan fingerprint density at radius 3 is 3.00 bits per heavy atom. The minimum atomic E-state index is -0.416. The standard InChI is InChI=1S/C14H14N4O3S/c1-8-6-9(2)18-13(15-8)16-14(17-18)22-7-11-10(4-5-21-11)12(19)20-3/h4-6H,7H2,1-3H3. The number of carbonyl (C=O) groups is 1. The summed E-state index contributed by atoms with van der Waals surface area (Å²) in [5.74, 6) is 1.12. The van der Waals surface area contributed by atoms with Gasteiger partial charge in [0.05, 0.1) is 19.1 Å². The fourth-order valence-corrected chi connectivity index (χ4v) is 2.85. The number of fused-ring (bicyclic) bond motifs is 1. The molecule has 3 heterocycles. The van der Waals surface area contributed by atoms with Crippen molar-refractivity contribution in [3.05, 3.63) is 41.1 Å². The van der Waals surface area contributed by atoms with Crippen molar-refractivity contribution in [1.82, 2.24) is 19.6 Å². The van der Waals surface area contributed by atoms with Crippen molar-refractivity contribution >= 4 is 23.5 Å². The van der Waals surface area contributed by atoms with Gasteiger partial charge in [-0.3, -0.25) is 0 Å². The Morgan fingerprint density at radius 2 is 2.23 bits per heavy atom. The molecule has 3 rings (SSSR count). The summed E-state index contributed by atoms with van der Waals surface area (Å²) in [6.07, 6.45) is 1.47. The van der Waals surface area contributed by atoms with Crippen molar-refractivity contribution in [2.24, 2.45) is 0 Å².